The van der Waals surface area contributed by atoms with Gasteiger partial charge in [-0.2, -0.15) is 0 Å². The molecule has 1 aromatic heterocycles. The SMILES string of the molecule is CC(C)[C@H](C)NC(=O)CSc1nnc(-c2ccccc2)o1. The van der Waals surface area contributed by atoms with Crippen LogP contribution in [0.15, 0.2) is 40.0 Å². The van der Waals surface area contributed by atoms with Gasteiger partial charge in [0, 0.05) is 11.6 Å². The first-order valence-corrected chi connectivity index (χ1v) is 7.86. The topological polar surface area (TPSA) is 68.0 Å². The third-order valence-electron chi connectivity index (χ3n) is 3.14. The second-order valence-electron chi connectivity index (χ2n) is 5.13. The Labute approximate surface area is 128 Å². The standard InChI is InChI=1S/C15H19N3O2S/c1-10(2)11(3)16-13(19)9-21-15-18-17-14(20-15)12-7-5-4-6-8-12/h4-8,10-11H,9H2,1-3H3,(H,16,19)/t11-/m0/s1. The summed E-state index contributed by atoms with van der Waals surface area (Å²) in [4.78, 5) is 11.8. The lowest BCUT2D eigenvalue weighted by Crippen LogP contribution is -2.37. The van der Waals surface area contributed by atoms with E-state index < -0.39 is 0 Å². The number of carbonyl (C=O) groups excluding carboxylic acids is 1. The summed E-state index contributed by atoms with van der Waals surface area (Å²) >= 11 is 1.25. The zero-order valence-electron chi connectivity index (χ0n) is 12.4. The predicted octanol–water partition coefficient (Wildman–Crippen LogP) is 2.99. The first kappa shape index (κ1) is 15.6. The van der Waals surface area contributed by atoms with Gasteiger partial charge in [0.15, 0.2) is 0 Å². The van der Waals surface area contributed by atoms with Gasteiger partial charge in [0.2, 0.25) is 11.8 Å². The van der Waals surface area contributed by atoms with E-state index in [1.54, 1.807) is 0 Å². The number of aromatic nitrogens is 2. The van der Waals surface area contributed by atoms with Gasteiger partial charge in [0.05, 0.1) is 5.75 Å². The number of hydrogen-bond donors (Lipinski definition) is 1. The van der Waals surface area contributed by atoms with E-state index in [0.717, 1.165) is 5.56 Å². The fourth-order valence-corrected chi connectivity index (χ4v) is 2.13. The Bertz CT molecular complexity index is 584. The summed E-state index contributed by atoms with van der Waals surface area (Å²) in [6, 6.07) is 9.70. The second-order valence-corrected chi connectivity index (χ2v) is 6.05. The van der Waals surface area contributed by atoms with Crippen molar-refractivity contribution in [3.05, 3.63) is 30.3 Å². The molecule has 0 fully saturated rings. The number of amides is 1. The monoisotopic (exact) mass is 305 g/mol. The van der Waals surface area contributed by atoms with E-state index in [1.165, 1.54) is 11.8 Å². The molecular weight excluding hydrogens is 286 g/mol. The summed E-state index contributed by atoms with van der Waals surface area (Å²) in [5.41, 5.74) is 0.870. The van der Waals surface area contributed by atoms with E-state index in [4.69, 9.17) is 4.42 Å². The van der Waals surface area contributed by atoms with Crippen LogP contribution in [-0.2, 0) is 4.79 Å². The molecule has 0 aliphatic carbocycles. The normalized spacial score (nSPS) is 12.4. The Kier molecular flexibility index (Phi) is 5.38. The minimum atomic E-state index is -0.0272. The average Bonchev–Trinajstić information content (AvgIpc) is 2.95. The van der Waals surface area contributed by atoms with Crippen LogP contribution in [0.2, 0.25) is 0 Å². The van der Waals surface area contributed by atoms with Gasteiger partial charge < -0.3 is 9.73 Å². The lowest BCUT2D eigenvalue weighted by atomic mass is 10.1. The van der Waals surface area contributed by atoms with Crippen LogP contribution in [0.25, 0.3) is 11.5 Å². The summed E-state index contributed by atoms with van der Waals surface area (Å²) in [5, 5.41) is 11.3. The van der Waals surface area contributed by atoms with Gasteiger partial charge in [0.1, 0.15) is 0 Å². The van der Waals surface area contributed by atoms with Gasteiger partial charge in [0.25, 0.3) is 5.22 Å². The van der Waals surface area contributed by atoms with Crippen LogP contribution in [0.5, 0.6) is 0 Å². The molecule has 112 valence electrons. The van der Waals surface area contributed by atoms with Crippen molar-refractivity contribution in [2.24, 2.45) is 5.92 Å². The zero-order valence-corrected chi connectivity index (χ0v) is 13.2. The van der Waals surface area contributed by atoms with Crippen molar-refractivity contribution < 1.29 is 9.21 Å². The third kappa shape index (κ3) is 4.60. The van der Waals surface area contributed by atoms with Gasteiger partial charge in [-0.05, 0) is 25.0 Å². The first-order valence-electron chi connectivity index (χ1n) is 6.87. The Balaban J connectivity index is 1.87. The molecule has 1 amide bonds. The van der Waals surface area contributed by atoms with Crippen molar-refractivity contribution in [2.45, 2.75) is 32.0 Å². The minimum absolute atomic E-state index is 0.0272. The van der Waals surface area contributed by atoms with E-state index in [9.17, 15) is 4.79 Å². The van der Waals surface area contributed by atoms with Crippen LogP contribution in [0.1, 0.15) is 20.8 Å². The maximum Gasteiger partial charge on any atom is 0.277 e. The molecular formula is C15H19N3O2S. The number of nitrogens with one attached hydrogen (secondary N) is 1. The third-order valence-corrected chi connectivity index (χ3v) is 3.96. The van der Waals surface area contributed by atoms with Crippen molar-refractivity contribution in [2.75, 3.05) is 5.75 Å². The smallest absolute Gasteiger partial charge is 0.277 e. The van der Waals surface area contributed by atoms with Crippen LogP contribution in [-0.4, -0.2) is 27.9 Å². The van der Waals surface area contributed by atoms with Crippen molar-refractivity contribution >= 4 is 17.7 Å². The summed E-state index contributed by atoms with van der Waals surface area (Å²) in [6.07, 6.45) is 0. The molecule has 0 aliphatic rings. The largest absolute Gasteiger partial charge is 0.411 e. The lowest BCUT2D eigenvalue weighted by Gasteiger charge is -2.16. The molecule has 0 bridgehead atoms. The van der Waals surface area contributed by atoms with Crippen molar-refractivity contribution in [3.63, 3.8) is 0 Å². The van der Waals surface area contributed by atoms with Crippen LogP contribution in [0, 0.1) is 5.92 Å². The molecule has 6 heteroatoms. The highest BCUT2D eigenvalue weighted by molar-refractivity contribution is 7.99. The number of benzene rings is 1. The fourth-order valence-electron chi connectivity index (χ4n) is 1.56. The van der Waals surface area contributed by atoms with Gasteiger partial charge in [-0.1, -0.05) is 43.8 Å². The predicted molar refractivity (Wildman–Crippen MR) is 82.9 cm³/mol. The molecule has 0 spiro atoms. The van der Waals surface area contributed by atoms with E-state index in [0.29, 0.717) is 17.0 Å². The minimum Gasteiger partial charge on any atom is -0.411 e. The van der Waals surface area contributed by atoms with Gasteiger partial charge in [-0.25, -0.2) is 0 Å². The van der Waals surface area contributed by atoms with Crippen LogP contribution >= 0.6 is 11.8 Å². The van der Waals surface area contributed by atoms with E-state index in [-0.39, 0.29) is 17.7 Å². The number of hydrogen-bond acceptors (Lipinski definition) is 5. The van der Waals surface area contributed by atoms with Gasteiger partial charge in [-0.3, -0.25) is 4.79 Å². The zero-order chi connectivity index (χ0) is 15.2. The first-order chi connectivity index (χ1) is 10.1. The van der Waals surface area contributed by atoms with Crippen molar-refractivity contribution in [1.29, 1.82) is 0 Å². The summed E-state index contributed by atoms with van der Waals surface area (Å²) in [6.45, 7) is 6.14. The molecule has 2 rings (SSSR count). The summed E-state index contributed by atoms with van der Waals surface area (Å²) < 4.78 is 5.53. The molecule has 5 nitrogen and oxygen atoms in total. The van der Waals surface area contributed by atoms with E-state index >= 15 is 0 Å². The van der Waals surface area contributed by atoms with Crippen molar-refractivity contribution in [3.8, 4) is 11.5 Å². The van der Waals surface area contributed by atoms with Crippen molar-refractivity contribution in [1.82, 2.24) is 15.5 Å². The highest BCUT2D eigenvalue weighted by Gasteiger charge is 2.13. The highest BCUT2D eigenvalue weighted by Crippen LogP contribution is 2.22. The second kappa shape index (κ2) is 7.26. The molecule has 1 N–H and O–H groups in total. The Hall–Kier alpha value is -1.82. The van der Waals surface area contributed by atoms with Gasteiger partial charge in [-0.15, -0.1) is 10.2 Å². The van der Waals surface area contributed by atoms with Crippen LogP contribution in [0.4, 0.5) is 0 Å². The number of carbonyl (C=O) groups is 1. The molecule has 1 heterocycles. The van der Waals surface area contributed by atoms with Crippen LogP contribution < -0.4 is 5.32 Å². The maximum absolute atomic E-state index is 11.8. The quantitative estimate of drug-likeness (QED) is 0.831. The van der Waals surface area contributed by atoms with Gasteiger partial charge >= 0.3 is 0 Å². The molecule has 21 heavy (non-hydrogen) atoms. The maximum atomic E-state index is 11.8. The Morgan fingerprint density at radius 3 is 2.62 bits per heavy atom. The molecule has 0 aliphatic heterocycles. The fraction of sp³-hybridized carbons (Fsp3) is 0.400. The molecule has 0 saturated carbocycles. The molecule has 0 saturated heterocycles. The number of thioether (sulfide) groups is 1. The number of rotatable bonds is 6. The molecule has 0 radical (unpaired) electrons. The van der Waals surface area contributed by atoms with E-state index in [2.05, 4.69) is 29.4 Å². The summed E-state index contributed by atoms with van der Waals surface area (Å²) in [5.74, 6) is 1.12. The number of nitrogens with zero attached hydrogens (tertiary/aromatic N) is 2. The molecule has 0 unspecified atom stereocenters. The lowest BCUT2D eigenvalue weighted by molar-refractivity contribution is -0.119. The average molecular weight is 305 g/mol. The Morgan fingerprint density at radius 1 is 1.24 bits per heavy atom. The summed E-state index contributed by atoms with van der Waals surface area (Å²) in [7, 11) is 0. The van der Waals surface area contributed by atoms with Crippen LogP contribution in [0.3, 0.4) is 0 Å². The van der Waals surface area contributed by atoms with E-state index in [1.807, 2.05) is 37.3 Å². The highest BCUT2D eigenvalue weighted by atomic mass is 32.2. The molecule has 2 aromatic rings. The molecule has 1 atom stereocenters. The molecule has 1 aromatic carbocycles. The Morgan fingerprint density at radius 2 is 1.95 bits per heavy atom.